The fourth-order valence-electron chi connectivity index (χ4n) is 4.27. The largest absolute Gasteiger partial charge is 0.480 e. The Bertz CT molecular complexity index is 1060. The van der Waals surface area contributed by atoms with Crippen molar-refractivity contribution < 1.29 is 54.1 Å². The Balaban J connectivity index is 0.00000533. The number of aromatic nitrogens is 3. The summed E-state index contributed by atoms with van der Waals surface area (Å²) in [4.78, 5) is 31.1. The number of nitrogens with one attached hydrogen (secondary N) is 2. The number of amides is 1. The van der Waals surface area contributed by atoms with Crippen molar-refractivity contribution in [2.24, 2.45) is 0 Å². The molecule has 13 heteroatoms. The van der Waals surface area contributed by atoms with E-state index in [-0.39, 0.29) is 32.3 Å². The molecule has 1 amide bonds. The molecule has 3 heterocycles. The molecule has 0 bridgehead atoms. The predicted molar refractivity (Wildman–Crippen MR) is 137 cm³/mol. The molecule has 0 unspecified atom stereocenters. The summed E-state index contributed by atoms with van der Waals surface area (Å²) in [5, 5.41) is 22.2. The van der Waals surface area contributed by atoms with Crippen LogP contribution in [0.15, 0.2) is 24.4 Å². The zero-order chi connectivity index (χ0) is 27.3. The van der Waals surface area contributed by atoms with Gasteiger partial charge in [0.2, 0.25) is 5.91 Å². The van der Waals surface area contributed by atoms with Crippen LogP contribution in [-0.2, 0) is 48.2 Å². The molecule has 0 saturated heterocycles. The van der Waals surface area contributed by atoms with Crippen molar-refractivity contribution >= 4 is 17.7 Å². The van der Waals surface area contributed by atoms with E-state index in [1.165, 1.54) is 5.56 Å². The summed E-state index contributed by atoms with van der Waals surface area (Å²) in [6.45, 7) is 5.61. The average Bonchev–Trinajstić information content (AvgIpc) is 2.92. The van der Waals surface area contributed by atoms with Gasteiger partial charge >= 0.3 is 5.97 Å². The van der Waals surface area contributed by atoms with E-state index < -0.39 is 35.6 Å². The SMILES string of the molecule is CCOCCN(CCCCc1ccc2c(n1)NCCC2)CC[C@H](NC(=O)c1nnccc1[C-](F)F)C(=O)O.[Hf]. The fraction of sp³-hybridized carbons (Fsp3) is 0.538. The van der Waals surface area contributed by atoms with Crippen molar-refractivity contribution in [1.82, 2.24) is 25.4 Å². The van der Waals surface area contributed by atoms with Gasteiger partial charge in [0.05, 0.1) is 12.3 Å². The summed E-state index contributed by atoms with van der Waals surface area (Å²) in [6.07, 6.45) is 3.82. The average molecular weight is 712 g/mol. The van der Waals surface area contributed by atoms with Crippen LogP contribution in [0.1, 0.15) is 59.9 Å². The number of halogens is 2. The molecule has 212 valence electrons. The maximum atomic E-state index is 13.1. The zero-order valence-electron chi connectivity index (χ0n) is 22.1. The number of aryl methyl sites for hydroxylation is 2. The molecule has 3 N–H and O–H groups in total. The molecule has 0 aromatic carbocycles. The molecule has 1 aliphatic rings. The topological polar surface area (TPSA) is 130 Å². The Labute approximate surface area is 246 Å². The molecule has 10 nitrogen and oxygen atoms in total. The first-order chi connectivity index (χ1) is 18.4. The summed E-state index contributed by atoms with van der Waals surface area (Å²) in [5.74, 6) is -1.29. The number of hydrogen-bond donors (Lipinski definition) is 3. The molecule has 2 aromatic rings. The van der Waals surface area contributed by atoms with Crippen LogP contribution >= 0.6 is 0 Å². The number of carboxylic acids is 1. The van der Waals surface area contributed by atoms with E-state index in [0.717, 1.165) is 62.4 Å². The van der Waals surface area contributed by atoms with Crippen LogP contribution in [0.5, 0.6) is 0 Å². The monoisotopic (exact) mass is 713 g/mol. The van der Waals surface area contributed by atoms with E-state index in [1.807, 2.05) is 6.92 Å². The molecular formula is C26H35F2HfN6O4-. The van der Waals surface area contributed by atoms with Crippen molar-refractivity contribution in [2.45, 2.75) is 51.5 Å². The van der Waals surface area contributed by atoms with Crippen molar-refractivity contribution in [1.29, 1.82) is 0 Å². The van der Waals surface area contributed by atoms with Gasteiger partial charge in [-0.2, -0.15) is 5.10 Å². The third-order valence-corrected chi connectivity index (χ3v) is 6.34. The number of pyridine rings is 1. The quantitative estimate of drug-likeness (QED) is 0.137. The molecule has 1 atom stereocenters. The molecule has 0 aliphatic carbocycles. The summed E-state index contributed by atoms with van der Waals surface area (Å²) in [7, 11) is 0. The van der Waals surface area contributed by atoms with E-state index in [9.17, 15) is 23.5 Å². The van der Waals surface area contributed by atoms with Crippen LogP contribution in [0.3, 0.4) is 0 Å². The summed E-state index contributed by atoms with van der Waals surface area (Å²) in [6, 6.07) is 3.90. The minimum atomic E-state index is -2.10. The first-order valence-corrected chi connectivity index (χ1v) is 13.0. The van der Waals surface area contributed by atoms with Crippen molar-refractivity contribution in [3.05, 3.63) is 53.3 Å². The van der Waals surface area contributed by atoms with E-state index in [0.29, 0.717) is 32.8 Å². The number of anilines is 1. The number of rotatable bonds is 16. The van der Waals surface area contributed by atoms with Crippen LogP contribution in [0.4, 0.5) is 14.6 Å². The number of aliphatic carboxylic acids is 1. The van der Waals surface area contributed by atoms with Crippen LogP contribution in [0, 0.1) is 6.43 Å². The second-order valence-electron chi connectivity index (χ2n) is 9.04. The van der Waals surface area contributed by atoms with Gasteiger partial charge in [0, 0.05) is 57.8 Å². The van der Waals surface area contributed by atoms with Crippen molar-refractivity contribution in [3.8, 4) is 0 Å². The Morgan fingerprint density at radius 3 is 2.79 bits per heavy atom. The van der Waals surface area contributed by atoms with E-state index >= 15 is 0 Å². The molecule has 0 spiro atoms. The molecule has 0 fully saturated rings. The van der Waals surface area contributed by atoms with Crippen LogP contribution in [0.2, 0.25) is 0 Å². The standard InChI is InChI=1S/C26H35F2N6O4.Hf/c1-2-38-17-16-34(14-4-3-7-19-9-8-18-6-5-12-29-24(18)31-19)15-11-21(26(36)37)32-25(35)22-20(23(27)28)10-13-30-33-22;/h8-10,13,21H,2-7,11-12,14-17H2,1H3,(H,29,31)(H,32,35)(H,36,37);/q-1;/t21-;/m0./s1. The van der Waals surface area contributed by atoms with Crippen LogP contribution in [0.25, 0.3) is 0 Å². The van der Waals surface area contributed by atoms with Gasteiger partial charge in [-0.15, -0.1) is 6.07 Å². The van der Waals surface area contributed by atoms with Gasteiger partial charge in [-0.1, -0.05) is 11.6 Å². The maximum absolute atomic E-state index is 13.1. The van der Waals surface area contributed by atoms with E-state index in [2.05, 4.69) is 37.9 Å². The number of fused-ring (bicyclic) bond motifs is 1. The summed E-state index contributed by atoms with van der Waals surface area (Å²) < 4.78 is 31.8. The first kappa shape index (κ1) is 32.7. The number of hydrogen-bond acceptors (Lipinski definition) is 8. The van der Waals surface area contributed by atoms with Gasteiger partial charge in [-0.25, -0.2) is 14.9 Å². The van der Waals surface area contributed by atoms with Gasteiger partial charge in [0.25, 0.3) is 0 Å². The number of carbonyl (C=O) groups is 2. The number of unbranched alkanes of at least 4 members (excludes halogenated alkanes) is 1. The molecule has 1 aliphatic heterocycles. The van der Waals surface area contributed by atoms with Gasteiger partial charge in [-0.05, 0) is 69.8 Å². The number of carboxylic acid groups (broad SMARTS) is 1. The van der Waals surface area contributed by atoms with Crippen LogP contribution in [-0.4, -0.2) is 82.5 Å². The molecular weight excluding hydrogens is 677 g/mol. The molecule has 39 heavy (non-hydrogen) atoms. The number of nitrogens with zero attached hydrogens (tertiary/aromatic N) is 4. The van der Waals surface area contributed by atoms with Crippen LogP contribution < -0.4 is 10.6 Å². The number of carbonyl (C=O) groups excluding carboxylic acids is 1. The summed E-state index contributed by atoms with van der Waals surface area (Å²) in [5.41, 5.74) is 1.01. The zero-order valence-corrected chi connectivity index (χ0v) is 25.7. The van der Waals surface area contributed by atoms with Crippen molar-refractivity contribution in [3.63, 3.8) is 0 Å². The predicted octanol–water partition coefficient (Wildman–Crippen LogP) is 2.94. The summed E-state index contributed by atoms with van der Waals surface area (Å²) >= 11 is 0. The Kier molecular flexibility index (Phi) is 14.5. The Morgan fingerprint density at radius 2 is 2.05 bits per heavy atom. The number of ether oxygens (including phenoxy) is 1. The van der Waals surface area contributed by atoms with Gasteiger partial charge in [-0.3, -0.25) is 13.6 Å². The maximum Gasteiger partial charge on any atom is 0.326 e. The third-order valence-electron chi connectivity index (χ3n) is 6.34. The van der Waals surface area contributed by atoms with Gasteiger partial charge in [0.1, 0.15) is 11.9 Å². The normalized spacial score (nSPS) is 13.1. The molecule has 0 saturated carbocycles. The van der Waals surface area contributed by atoms with Crippen molar-refractivity contribution in [2.75, 3.05) is 44.7 Å². The molecule has 0 radical (unpaired) electrons. The minimum Gasteiger partial charge on any atom is -0.480 e. The van der Waals surface area contributed by atoms with E-state index in [1.54, 1.807) is 0 Å². The first-order valence-electron chi connectivity index (χ1n) is 13.0. The van der Waals surface area contributed by atoms with E-state index in [4.69, 9.17) is 9.72 Å². The Morgan fingerprint density at radius 1 is 1.23 bits per heavy atom. The molecule has 3 rings (SSSR count). The minimum absolute atomic E-state index is 0. The molecule has 2 aromatic heterocycles. The third kappa shape index (κ3) is 10.5. The second kappa shape index (κ2) is 17.2. The van der Waals surface area contributed by atoms with Gasteiger partial charge in [0.15, 0.2) is 6.43 Å². The van der Waals surface area contributed by atoms with Gasteiger partial charge < -0.3 is 25.4 Å². The smallest absolute Gasteiger partial charge is 0.326 e. The fourth-order valence-corrected chi connectivity index (χ4v) is 4.27. The Hall–Kier alpha value is -2.51. The second-order valence-corrected chi connectivity index (χ2v) is 9.04.